The van der Waals surface area contributed by atoms with Crippen LogP contribution in [0.5, 0.6) is 5.75 Å². The van der Waals surface area contributed by atoms with Gasteiger partial charge in [-0.1, -0.05) is 24.3 Å². The van der Waals surface area contributed by atoms with Gasteiger partial charge in [-0.2, -0.15) is 0 Å². The van der Waals surface area contributed by atoms with Crippen LogP contribution >= 0.6 is 0 Å². The van der Waals surface area contributed by atoms with E-state index in [-0.39, 0.29) is 0 Å². The van der Waals surface area contributed by atoms with Crippen LogP contribution < -0.4 is 10.3 Å². The van der Waals surface area contributed by atoms with Gasteiger partial charge < -0.3 is 4.84 Å². The van der Waals surface area contributed by atoms with Gasteiger partial charge in [0.05, 0.1) is 0 Å². The summed E-state index contributed by atoms with van der Waals surface area (Å²) in [5, 5.41) is 0. The fourth-order valence-corrected chi connectivity index (χ4v) is 0.659. The Morgan fingerprint density at radius 3 is 2.64 bits per heavy atom. The standard InChI is InChI=1S/C9H11NO/c1-2-8-10-11-9-6-4-3-5-7-9/h2-8,10H,1H3. The SMILES string of the molecule is CC=CNOc1ccccc1. The molecule has 0 atom stereocenters. The molecule has 0 fully saturated rings. The molecule has 0 aromatic heterocycles. The Hall–Kier alpha value is -1.44. The van der Waals surface area contributed by atoms with Crippen LogP contribution in [-0.2, 0) is 0 Å². The molecule has 0 bridgehead atoms. The largest absolute Gasteiger partial charge is 0.383 e. The summed E-state index contributed by atoms with van der Waals surface area (Å²) in [6, 6.07) is 9.56. The molecule has 0 heterocycles. The van der Waals surface area contributed by atoms with Gasteiger partial charge in [-0.05, 0) is 19.1 Å². The van der Waals surface area contributed by atoms with Crippen LogP contribution in [-0.4, -0.2) is 0 Å². The van der Waals surface area contributed by atoms with Crippen LogP contribution in [0.1, 0.15) is 6.92 Å². The molecule has 11 heavy (non-hydrogen) atoms. The number of allylic oxidation sites excluding steroid dienone is 1. The van der Waals surface area contributed by atoms with E-state index < -0.39 is 0 Å². The molecule has 0 unspecified atom stereocenters. The summed E-state index contributed by atoms with van der Waals surface area (Å²) in [7, 11) is 0. The Balaban J connectivity index is 2.39. The lowest BCUT2D eigenvalue weighted by molar-refractivity contribution is 0.243. The molecule has 1 rings (SSSR count). The van der Waals surface area contributed by atoms with Gasteiger partial charge in [0.1, 0.15) is 0 Å². The van der Waals surface area contributed by atoms with E-state index in [9.17, 15) is 0 Å². The molecule has 0 aliphatic rings. The normalized spacial score (nSPS) is 9.91. The molecule has 2 heteroatoms. The van der Waals surface area contributed by atoms with Crippen molar-refractivity contribution in [2.75, 3.05) is 0 Å². The lowest BCUT2D eigenvalue weighted by atomic mass is 10.3. The quantitative estimate of drug-likeness (QED) is 0.664. The lowest BCUT2D eigenvalue weighted by Gasteiger charge is -2.01. The van der Waals surface area contributed by atoms with Gasteiger partial charge in [-0.25, -0.2) is 5.48 Å². The molecule has 0 saturated heterocycles. The van der Waals surface area contributed by atoms with Crippen LogP contribution in [0.4, 0.5) is 0 Å². The molecule has 2 nitrogen and oxygen atoms in total. The van der Waals surface area contributed by atoms with E-state index in [0.717, 1.165) is 5.75 Å². The highest BCUT2D eigenvalue weighted by molar-refractivity contribution is 5.20. The van der Waals surface area contributed by atoms with Crippen LogP contribution in [0.15, 0.2) is 42.6 Å². The molecule has 0 radical (unpaired) electrons. The number of hydroxylamine groups is 1. The zero-order chi connectivity index (χ0) is 7.94. The molecule has 1 aromatic rings. The van der Waals surface area contributed by atoms with Gasteiger partial charge in [-0.15, -0.1) is 0 Å². The number of hydrogen-bond donors (Lipinski definition) is 1. The Morgan fingerprint density at radius 2 is 2.00 bits per heavy atom. The van der Waals surface area contributed by atoms with Crippen molar-refractivity contribution in [3.63, 3.8) is 0 Å². The number of benzene rings is 1. The van der Waals surface area contributed by atoms with E-state index in [4.69, 9.17) is 4.84 Å². The average Bonchev–Trinajstić information content (AvgIpc) is 2.07. The topological polar surface area (TPSA) is 21.3 Å². The van der Waals surface area contributed by atoms with Gasteiger partial charge in [0.15, 0.2) is 5.75 Å². The van der Waals surface area contributed by atoms with Crippen LogP contribution in [0.2, 0.25) is 0 Å². The fourth-order valence-electron chi connectivity index (χ4n) is 0.659. The second-order valence-electron chi connectivity index (χ2n) is 2.03. The van der Waals surface area contributed by atoms with Gasteiger partial charge in [-0.3, -0.25) is 0 Å². The van der Waals surface area contributed by atoms with Crippen molar-refractivity contribution in [2.45, 2.75) is 6.92 Å². The molecular formula is C9H11NO. The summed E-state index contributed by atoms with van der Waals surface area (Å²) in [5.74, 6) is 0.811. The number of hydrogen-bond acceptors (Lipinski definition) is 2. The summed E-state index contributed by atoms with van der Waals surface area (Å²) >= 11 is 0. The maximum Gasteiger partial charge on any atom is 0.155 e. The highest BCUT2D eigenvalue weighted by atomic mass is 16.6. The maximum atomic E-state index is 5.11. The highest BCUT2D eigenvalue weighted by Crippen LogP contribution is 2.05. The van der Waals surface area contributed by atoms with Crippen LogP contribution in [0.3, 0.4) is 0 Å². The first-order valence-corrected chi connectivity index (χ1v) is 3.52. The van der Waals surface area contributed by atoms with Crippen molar-refractivity contribution in [1.82, 2.24) is 5.48 Å². The van der Waals surface area contributed by atoms with Crippen molar-refractivity contribution in [3.05, 3.63) is 42.6 Å². The van der Waals surface area contributed by atoms with Gasteiger partial charge in [0.25, 0.3) is 0 Å². The molecule has 0 saturated carbocycles. The van der Waals surface area contributed by atoms with E-state index in [1.165, 1.54) is 0 Å². The zero-order valence-electron chi connectivity index (χ0n) is 6.45. The van der Waals surface area contributed by atoms with Crippen LogP contribution in [0.25, 0.3) is 0 Å². The first-order valence-electron chi connectivity index (χ1n) is 3.52. The summed E-state index contributed by atoms with van der Waals surface area (Å²) < 4.78 is 0. The second-order valence-corrected chi connectivity index (χ2v) is 2.03. The lowest BCUT2D eigenvalue weighted by Crippen LogP contribution is -2.09. The monoisotopic (exact) mass is 149 g/mol. The molecule has 0 spiro atoms. The summed E-state index contributed by atoms with van der Waals surface area (Å²) in [5.41, 5.74) is 2.67. The first-order chi connectivity index (χ1) is 5.43. The highest BCUT2D eigenvalue weighted by Gasteiger charge is 1.85. The third-order valence-electron chi connectivity index (χ3n) is 1.15. The first kappa shape index (κ1) is 7.66. The maximum absolute atomic E-state index is 5.11. The molecule has 58 valence electrons. The second kappa shape index (κ2) is 4.39. The number of nitrogens with one attached hydrogen (secondary N) is 1. The minimum atomic E-state index is 0.811. The van der Waals surface area contributed by atoms with E-state index in [1.54, 1.807) is 6.20 Å². The minimum Gasteiger partial charge on any atom is -0.383 e. The molecule has 0 aliphatic carbocycles. The van der Waals surface area contributed by atoms with Crippen molar-refractivity contribution in [1.29, 1.82) is 0 Å². The third-order valence-corrected chi connectivity index (χ3v) is 1.15. The molecule has 0 aliphatic heterocycles. The van der Waals surface area contributed by atoms with Crippen molar-refractivity contribution < 1.29 is 4.84 Å². The molecular weight excluding hydrogens is 138 g/mol. The Morgan fingerprint density at radius 1 is 1.27 bits per heavy atom. The smallest absolute Gasteiger partial charge is 0.155 e. The van der Waals surface area contributed by atoms with Gasteiger partial charge in [0.2, 0.25) is 0 Å². The van der Waals surface area contributed by atoms with Crippen molar-refractivity contribution in [2.24, 2.45) is 0 Å². The van der Waals surface area contributed by atoms with E-state index in [2.05, 4.69) is 5.48 Å². The zero-order valence-corrected chi connectivity index (χ0v) is 6.45. The van der Waals surface area contributed by atoms with Crippen molar-refractivity contribution in [3.8, 4) is 5.75 Å². The summed E-state index contributed by atoms with van der Waals surface area (Å²) in [6.07, 6.45) is 3.59. The Bertz CT molecular complexity index is 218. The number of para-hydroxylation sites is 1. The fraction of sp³-hybridized carbons (Fsp3) is 0.111. The number of rotatable bonds is 3. The molecule has 1 N–H and O–H groups in total. The summed E-state index contributed by atoms with van der Waals surface area (Å²) in [4.78, 5) is 5.11. The average molecular weight is 149 g/mol. The van der Waals surface area contributed by atoms with E-state index in [1.807, 2.05) is 43.3 Å². The Kier molecular flexibility index (Phi) is 3.06. The van der Waals surface area contributed by atoms with Crippen molar-refractivity contribution >= 4 is 0 Å². The Labute approximate surface area is 66.5 Å². The van der Waals surface area contributed by atoms with E-state index >= 15 is 0 Å². The minimum absolute atomic E-state index is 0.811. The molecule has 1 aromatic carbocycles. The molecule has 0 amide bonds. The predicted molar refractivity (Wildman–Crippen MR) is 45.0 cm³/mol. The van der Waals surface area contributed by atoms with Crippen LogP contribution in [0, 0.1) is 0 Å². The summed E-state index contributed by atoms with van der Waals surface area (Å²) in [6.45, 7) is 1.92. The predicted octanol–water partition coefficient (Wildman–Crippen LogP) is 2.10. The van der Waals surface area contributed by atoms with Gasteiger partial charge in [0, 0.05) is 6.20 Å². The van der Waals surface area contributed by atoms with E-state index in [0.29, 0.717) is 0 Å². The van der Waals surface area contributed by atoms with Gasteiger partial charge >= 0.3 is 0 Å². The third kappa shape index (κ3) is 2.76.